The standard InChI is InChI=1S/C20H23NO2/c1-15-7-8-19(16(2)11-15)13-23-14-20(22)21-10-9-17-5-3-4-6-18(17)12-21/h3-8,11H,9-10,12-14H2,1-2H3. The van der Waals surface area contributed by atoms with Crippen LogP contribution >= 0.6 is 0 Å². The maximum absolute atomic E-state index is 12.3. The van der Waals surface area contributed by atoms with Crippen LogP contribution in [0, 0.1) is 13.8 Å². The second-order valence-corrected chi connectivity index (χ2v) is 6.26. The summed E-state index contributed by atoms with van der Waals surface area (Å²) in [5.74, 6) is 0.0734. The zero-order valence-corrected chi connectivity index (χ0v) is 13.8. The maximum Gasteiger partial charge on any atom is 0.248 e. The number of benzene rings is 2. The Balaban J connectivity index is 1.52. The molecule has 1 aliphatic rings. The molecule has 0 saturated heterocycles. The molecule has 1 amide bonds. The van der Waals surface area contributed by atoms with Gasteiger partial charge in [0.05, 0.1) is 6.61 Å². The Hall–Kier alpha value is -2.13. The summed E-state index contributed by atoms with van der Waals surface area (Å²) in [6.45, 7) is 6.27. The number of aryl methyl sites for hydroxylation is 2. The van der Waals surface area contributed by atoms with Crippen LogP contribution in [0.4, 0.5) is 0 Å². The van der Waals surface area contributed by atoms with Crippen molar-refractivity contribution in [3.05, 3.63) is 70.3 Å². The molecule has 23 heavy (non-hydrogen) atoms. The first-order chi connectivity index (χ1) is 11.1. The number of fused-ring (bicyclic) bond motifs is 1. The van der Waals surface area contributed by atoms with Crippen LogP contribution in [-0.2, 0) is 29.1 Å². The van der Waals surface area contributed by atoms with Gasteiger partial charge < -0.3 is 9.64 Å². The van der Waals surface area contributed by atoms with Crippen LogP contribution in [0.15, 0.2) is 42.5 Å². The average Bonchev–Trinajstić information content (AvgIpc) is 2.56. The third kappa shape index (κ3) is 3.80. The molecule has 0 aliphatic carbocycles. The van der Waals surface area contributed by atoms with Gasteiger partial charge in [-0.1, -0.05) is 48.0 Å². The number of hydrogen-bond acceptors (Lipinski definition) is 2. The van der Waals surface area contributed by atoms with E-state index < -0.39 is 0 Å². The molecule has 0 spiro atoms. The first-order valence-corrected chi connectivity index (χ1v) is 8.12. The number of nitrogens with zero attached hydrogens (tertiary/aromatic N) is 1. The lowest BCUT2D eigenvalue weighted by Gasteiger charge is -2.28. The van der Waals surface area contributed by atoms with Gasteiger partial charge in [-0.3, -0.25) is 4.79 Å². The Morgan fingerprint density at radius 1 is 1.13 bits per heavy atom. The number of ether oxygens (including phenoxy) is 1. The first-order valence-electron chi connectivity index (χ1n) is 8.12. The Bertz CT molecular complexity index is 709. The van der Waals surface area contributed by atoms with Gasteiger partial charge in [-0.25, -0.2) is 0 Å². The van der Waals surface area contributed by atoms with Crippen LogP contribution in [0.3, 0.4) is 0 Å². The second-order valence-electron chi connectivity index (χ2n) is 6.26. The van der Waals surface area contributed by atoms with E-state index in [1.807, 2.05) is 11.0 Å². The molecule has 120 valence electrons. The summed E-state index contributed by atoms with van der Waals surface area (Å²) in [4.78, 5) is 14.2. The predicted octanol–water partition coefficient (Wildman–Crippen LogP) is 3.40. The lowest BCUT2D eigenvalue weighted by atomic mass is 10.00. The van der Waals surface area contributed by atoms with Gasteiger partial charge in [0.2, 0.25) is 5.91 Å². The molecule has 0 fully saturated rings. The summed E-state index contributed by atoms with van der Waals surface area (Å²) in [6.07, 6.45) is 0.930. The minimum absolute atomic E-state index is 0.0734. The molecule has 1 heterocycles. The molecule has 3 nitrogen and oxygen atoms in total. The molecule has 2 aromatic rings. The average molecular weight is 309 g/mol. The van der Waals surface area contributed by atoms with E-state index >= 15 is 0 Å². The van der Waals surface area contributed by atoms with Crippen LogP contribution in [0.25, 0.3) is 0 Å². The molecule has 2 aromatic carbocycles. The fraction of sp³-hybridized carbons (Fsp3) is 0.350. The molecule has 1 aliphatic heterocycles. The normalized spacial score (nSPS) is 13.7. The number of carbonyl (C=O) groups excluding carboxylic acids is 1. The molecule has 3 rings (SSSR count). The smallest absolute Gasteiger partial charge is 0.248 e. The van der Waals surface area contributed by atoms with E-state index in [4.69, 9.17) is 4.74 Å². The highest BCUT2D eigenvalue weighted by Crippen LogP contribution is 2.18. The van der Waals surface area contributed by atoms with Gasteiger partial charge in [0.15, 0.2) is 0 Å². The molecule has 0 atom stereocenters. The fourth-order valence-corrected chi connectivity index (χ4v) is 3.06. The van der Waals surface area contributed by atoms with E-state index in [-0.39, 0.29) is 12.5 Å². The molecule has 0 radical (unpaired) electrons. The highest BCUT2D eigenvalue weighted by Gasteiger charge is 2.20. The molecule has 3 heteroatoms. The Labute approximate surface area is 137 Å². The number of rotatable bonds is 4. The van der Waals surface area contributed by atoms with E-state index in [9.17, 15) is 4.79 Å². The Morgan fingerprint density at radius 2 is 1.91 bits per heavy atom. The number of carbonyl (C=O) groups is 1. The van der Waals surface area contributed by atoms with Crippen LogP contribution in [0.2, 0.25) is 0 Å². The van der Waals surface area contributed by atoms with Gasteiger partial charge in [-0.2, -0.15) is 0 Å². The monoisotopic (exact) mass is 309 g/mol. The largest absolute Gasteiger partial charge is 0.367 e. The van der Waals surface area contributed by atoms with Crippen molar-refractivity contribution in [2.75, 3.05) is 13.2 Å². The van der Waals surface area contributed by atoms with Gasteiger partial charge >= 0.3 is 0 Å². The highest BCUT2D eigenvalue weighted by atomic mass is 16.5. The van der Waals surface area contributed by atoms with Crippen molar-refractivity contribution in [2.45, 2.75) is 33.4 Å². The van der Waals surface area contributed by atoms with Crippen molar-refractivity contribution in [2.24, 2.45) is 0 Å². The van der Waals surface area contributed by atoms with Crippen molar-refractivity contribution in [3.8, 4) is 0 Å². The minimum Gasteiger partial charge on any atom is -0.367 e. The SMILES string of the molecule is Cc1ccc(COCC(=O)N2CCc3ccccc3C2)c(C)c1. The lowest BCUT2D eigenvalue weighted by Crippen LogP contribution is -2.38. The number of amides is 1. The summed E-state index contributed by atoms with van der Waals surface area (Å²) in [6, 6.07) is 14.6. The Kier molecular flexibility index (Phi) is 4.77. The van der Waals surface area contributed by atoms with Crippen molar-refractivity contribution < 1.29 is 9.53 Å². The van der Waals surface area contributed by atoms with Crippen molar-refractivity contribution in [1.82, 2.24) is 4.90 Å². The van der Waals surface area contributed by atoms with Gasteiger partial charge in [0, 0.05) is 13.1 Å². The Morgan fingerprint density at radius 3 is 2.70 bits per heavy atom. The topological polar surface area (TPSA) is 29.5 Å². The molecule has 0 unspecified atom stereocenters. The summed E-state index contributed by atoms with van der Waals surface area (Å²) in [7, 11) is 0. The van der Waals surface area contributed by atoms with Crippen LogP contribution in [-0.4, -0.2) is 24.0 Å². The van der Waals surface area contributed by atoms with E-state index in [1.54, 1.807) is 0 Å². The fourth-order valence-electron chi connectivity index (χ4n) is 3.06. The predicted molar refractivity (Wildman–Crippen MR) is 91.1 cm³/mol. The van der Waals surface area contributed by atoms with E-state index in [2.05, 4.69) is 50.2 Å². The molecule has 0 saturated carbocycles. The van der Waals surface area contributed by atoms with Crippen LogP contribution in [0.1, 0.15) is 27.8 Å². The highest BCUT2D eigenvalue weighted by molar-refractivity contribution is 5.77. The summed E-state index contributed by atoms with van der Waals surface area (Å²) >= 11 is 0. The zero-order valence-electron chi connectivity index (χ0n) is 13.8. The van der Waals surface area contributed by atoms with Crippen LogP contribution in [0.5, 0.6) is 0 Å². The van der Waals surface area contributed by atoms with Crippen LogP contribution < -0.4 is 0 Å². The summed E-state index contributed by atoms with van der Waals surface area (Å²) in [5.41, 5.74) is 6.21. The second kappa shape index (κ2) is 6.97. The van der Waals surface area contributed by atoms with E-state index in [0.717, 1.165) is 18.5 Å². The lowest BCUT2D eigenvalue weighted by molar-refractivity contribution is -0.137. The van der Waals surface area contributed by atoms with Crippen molar-refractivity contribution >= 4 is 5.91 Å². The maximum atomic E-state index is 12.3. The molecular weight excluding hydrogens is 286 g/mol. The molecule has 0 bridgehead atoms. The van der Waals surface area contributed by atoms with E-state index in [1.165, 1.54) is 22.3 Å². The summed E-state index contributed by atoms with van der Waals surface area (Å²) < 4.78 is 5.65. The zero-order chi connectivity index (χ0) is 16.2. The first kappa shape index (κ1) is 15.8. The van der Waals surface area contributed by atoms with E-state index in [0.29, 0.717) is 13.2 Å². The van der Waals surface area contributed by atoms with Gasteiger partial charge in [-0.15, -0.1) is 0 Å². The minimum atomic E-state index is 0.0734. The quantitative estimate of drug-likeness (QED) is 0.866. The van der Waals surface area contributed by atoms with Crippen molar-refractivity contribution in [1.29, 1.82) is 0 Å². The molecule has 0 aromatic heterocycles. The van der Waals surface area contributed by atoms with Gasteiger partial charge in [-0.05, 0) is 42.5 Å². The molecular formula is C20H23NO2. The third-order valence-corrected chi connectivity index (χ3v) is 4.46. The van der Waals surface area contributed by atoms with Gasteiger partial charge in [0.25, 0.3) is 0 Å². The summed E-state index contributed by atoms with van der Waals surface area (Å²) in [5, 5.41) is 0. The molecule has 0 N–H and O–H groups in total. The van der Waals surface area contributed by atoms with Crippen molar-refractivity contribution in [3.63, 3.8) is 0 Å². The third-order valence-electron chi connectivity index (χ3n) is 4.46. The van der Waals surface area contributed by atoms with Gasteiger partial charge in [0.1, 0.15) is 6.61 Å². The number of hydrogen-bond donors (Lipinski definition) is 0.